The Morgan fingerprint density at radius 2 is 1.42 bits per heavy atom. The predicted octanol–water partition coefficient (Wildman–Crippen LogP) is 5.39. The van der Waals surface area contributed by atoms with Crippen molar-refractivity contribution in [3.05, 3.63) is 84.1 Å². The van der Waals surface area contributed by atoms with Gasteiger partial charge in [0.1, 0.15) is 6.61 Å². The number of nitrogens with zero attached hydrogens (tertiary/aromatic N) is 1. The van der Waals surface area contributed by atoms with Gasteiger partial charge in [0, 0.05) is 11.1 Å². The molecule has 0 spiro atoms. The summed E-state index contributed by atoms with van der Waals surface area (Å²) < 4.78 is 27.8. The quantitative estimate of drug-likeness (QED) is 0.336. The average molecular weight is 445 g/mol. The summed E-state index contributed by atoms with van der Waals surface area (Å²) in [5.41, 5.74) is 2.22. The number of aromatic nitrogens is 1. The molecular weight excluding hydrogens is 422 g/mol. The van der Waals surface area contributed by atoms with Crippen LogP contribution >= 0.6 is 0 Å². The van der Waals surface area contributed by atoms with Crippen molar-refractivity contribution in [1.82, 2.24) is 4.98 Å². The highest BCUT2D eigenvalue weighted by Gasteiger charge is 2.25. The monoisotopic (exact) mass is 445 g/mol. The van der Waals surface area contributed by atoms with Crippen molar-refractivity contribution in [2.45, 2.75) is 6.61 Å². The lowest BCUT2D eigenvalue weighted by atomic mass is 10.1. The lowest BCUT2D eigenvalue weighted by Gasteiger charge is -2.12. The number of carbonyl (C=O) groups is 1. The van der Waals surface area contributed by atoms with Crippen molar-refractivity contribution in [2.24, 2.45) is 0 Å². The molecule has 1 aromatic heterocycles. The van der Waals surface area contributed by atoms with Crippen LogP contribution in [-0.2, 0) is 11.3 Å². The minimum Gasteiger partial charge on any atom is -0.493 e. The van der Waals surface area contributed by atoms with Crippen LogP contribution in [0.4, 0.5) is 0 Å². The summed E-state index contributed by atoms with van der Waals surface area (Å²) in [5.74, 6) is 1.29. The van der Waals surface area contributed by atoms with Gasteiger partial charge in [-0.2, -0.15) is 0 Å². The smallest absolute Gasteiger partial charge is 0.361 e. The largest absolute Gasteiger partial charge is 0.493 e. The first-order valence-electron chi connectivity index (χ1n) is 10.2. The zero-order valence-electron chi connectivity index (χ0n) is 18.5. The maximum Gasteiger partial charge on any atom is 0.361 e. The number of rotatable bonds is 8. The second-order valence-electron chi connectivity index (χ2n) is 7.04. The molecule has 1 heterocycles. The molecule has 0 radical (unpaired) electrons. The number of oxazole rings is 1. The van der Waals surface area contributed by atoms with E-state index in [-0.39, 0.29) is 18.2 Å². The SMILES string of the molecule is COc1cc(-c2nc(C(=O)OCc3ccccc3)c(-c3ccccc3)o2)cc(OC)c1OC. The molecule has 4 rings (SSSR count). The number of carbonyl (C=O) groups excluding carboxylic acids is 1. The standard InChI is InChI=1S/C26H23NO6/c1-29-20-14-19(15-21(30-2)24(20)31-3)25-27-22(23(33-25)18-12-8-5-9-13-18)26(28)32-16-17-10-6-4-7-11-17/h4-15H,16H2,1-3H3. The Bertz CT molecular complexity index is 1210. The van der Waals surface area contributed by atoms with Crippen LogP contribution in [0.15, 0.2) is 77.2 Å². The van der Waals surface area contributed by atoms with Crippen LogP contribution < -0.4 is 14.2 Å². The molecular formula is C26H23NO6. The van der Waals surface area contributed by atoms with E-state index in [1.54, 1.807) is 12.1 Å². The van der Waals surface area contributed by atoms with Crippen molar-refractivity contribution in [3.8, 4) is 40.0 Å². The van der Waals surface area contributed by atoms with Crippen LogP contribution in [0.1, 0.15) is 16.1 Å². The number of ether oxygens (including phenoxy) is 4. The first-order valence-corrected chi connectivity index (χ1v) is 10.2. The van der Waals surface area contributed by atoms with E-state index >= 15 is 0 Å². The van der Waals surface area contributed by atoms with Crippen molar-refractivity contribution in [1.29, 1.82) is 0 Å². The molecule has 7 heteroatoms. The molecule has 168 valence electrons. The minimum atomic E-state index is -0.583. The fourth-order valence-electron chi connectivity index (χ4n) is 3.36. The Hall–Kier alpha value is -4.26. The van der Waals surface area contributed by atoms with E-state index in [0.717, 1.165) is 5.56 Å². The van der Waals surface area contributed by atoms with Crippen LogP contribution in [-0.4, -0.2) is 32.3 Å². The van der Waals surface area contributed by atoms with Gasteiger partial charge in [0.05, 0.1) is 21.3 Å². The summed E-state index contributed by atoms with van der Waals surface area (Å²) in [5, 5.41) is 0. The molecule has 0 fully saturated rings. The molecule has 0 aliphatic rings. The zero-order chi connectivity index (χ0) is 23.2. The van der Waals surface area contributed by atoms with Gasteiger partial charge in [0.15, 0.2) is 23.0 Å². The summed E-state index contributed by atoms with van der Waals surface area (Å²) in [4.78, 5) is 17.5. The van der Waals surface area contributed by atoms with Crippen LogP contribution in [0, 0.1) is 0 Å². The fourth-order valence-corrected chi connectivity index (χ4v) is 3.36. The fraction of sp³-hybridized carbons (Fsp3) is 0.154. The van der Waals surface area contributed by atoms with E-state index in [9.17, 15) is 4.79 Å². The Morgan fingerprint density at radius 3 is 2.00 bits per heavy atom. The highest BCUT2D eigenvalue weighted by atomic mass is 16.5. The first-order chi connectivity index (χ1) is 16.1. The van der Waals surface area contributed by atoms with Crippen molar-refractivity contribution in [2.75, 3.05) is 21.3 Å². The predicted molar refractivity (Wildman–Crippen MR) is 123 cm³/mol. The number of hydrogen-bond acceptors (Lipinski definition) is 7. The minimum absolute atomic E-state index is 0.0842. The normalized spacial score (nSPS) is 10.5. The molecule has 3 aromatic carbocycles. The second-order valence-corrected chi connectivity index (χ2v) is 7.04. The lowest BCUT2D eigenvalue weighted by Crippen LogP contribution is -2.07. The van der Waals surface area contributed by atoms with Gasteiger partial charge in [-0.25, -0.2) is 9.78 Å². The highest BCUT2D eigenvalue weighted by Crippen LogP contribution is 2.42. The average Bonchev–Trinajstić information content (AvgIpc) is 3.33. The van der Waals surface area contributed by atoms with Gasteiger partial charge in [0.25, 0.3) is 0 Å². The Labute approximate surface area is 191 Å². The number of benzene rings is 3. The van der Waals surface area contributed by atoms with Crippen LogP contribution in [0.3, 0.4) is 0 Å². The highest BCUT2D eigenvalue weighted by molar-refractivity contribution is 5.94. The van der Waals surface area contributed by atoms with Gasteiger partial charge in [-0.3, -0.25) is 0 Å². The molecule has 0 atom stereocenters. The second kappa shape index (κ2) is 9.91. The Kier molecular flexibility index (Phi) is 6.59. The summed E-state index contributed by atoms with van der Waals surface area (Å²) in [7, 11) is 4.58. The molecule has 33 heavy (non-hydrogen) atoms. The maximum absolute atomic E-state index is 13.0. The van der Waals surface area contributed by atoms with E-state index in [2.05, 4.69) is 4.98 Å². The van der Waals surface area contributed by atoms with Gasteiger partial charge >= 0.3 is 5.97 Å². The zero-order valence-corrected chi connectivity index (χ0v) is 18.5. The molecule has 0 N–H and O–H groups in total. The molecule has 0 saturated heterocycles. The van der Waals surface area contributed by atoms with E-state index in [4.69, 9.17) is 23.4 Å². The molecule has 0 unspecified atom stereocenters. The van der Waals surface area contributed by atoms with E-state index in [1.807, 2.05) is 60.7 Å². The Morgan fingerprint density at radius 1 is 0.818 bits per heavy atom. The lowest BCUT2D eigenvalue weighted by molar-refractivity contribution is 0.0467. The molecule has 4 aromatic rings. The van der Waals surface area contributed by atoms with E-state index in [1.165, 1.54) is 21.3 Å². The molecule has 0 saturated carbocycles. The van der Waals surface area contributed by atoms with Crippen molar-refractivity contribution in [3.63, 3.8) is 0 Å². The summed E-state index contributed by atoms with van der Waals surface area (Å²) in [6, 6.07) is 22.1. The number of methoxy groups -OCH3 is 3. The third kappa shape index (κ3) is 4.67. The van der Waals surface area contributed by atoms with Crippen LogP contribution in [0.25, 0.3) is 22.8 Å². The maximum atomic E-state index is 13.0. The third-order valence-electron chi connectivity index (χ3n) is 4.98. The van der Waals surface area contributed by atoms with Crippen molar-refractivity contribution >= 4 is 5.97 Å². The Balaban J connectivity index is 1.75. The van der Waals surface area contributed by atoms with Crippen LogP contribution in [0.2, 0.25) is 0 Å². The summed E-state index contributed by atoms with van der Waals surface area (Å²) in [6.07, 6.45) is 0. The van der Waals surface area contributed by atoms with Crippen molar-refractivity contribution < 1.29 is 28.2 Å². The van der Waals surface area contributed by atoms with Gasteiger partial charge in [-0.05, 0) is 17.7 Å². The van der Waals surface area contributed by atoms with Crippen LogP contribution in [0.5, 0.6) is 17.2 Å². The van der Waals surface area contributed by atoms with Gasteiger partial charge in [-0.1, -0.05) is 60.7 Å². The van der Waals surface area contributed by atoms with E-state index in [0.29, 0.717) is 34.1 Å². The van der Waals surface area contributed by atoms with Gasteiger partial charge in [-0.15, -0.1) is 0 Å². The molecule has 0 aliphatic carbocycles. The first kappa shape index (κ1) is 22.0. The van der Waals surface area contributed by atoms with E-state index < -0.39 is 5.97 Å². The summed E-state index contributed by atoms with van der Waals surface area (Å²) in [6.45, 7) is 0.125. The molecule has 7 nitrogen and oxygen atoms in total. The third-order valence-corrected chi connectivity index (χ3v) is 4.98. The number of esters is 1. The van der Waals surface area contributed by atoms with Gasteiger partial charge < -0.3 is 23.4 Å². The summed E-state index contributed by atoms with van der Waals surface area (Å²) >= 11 is 0. The molecule has 0 bridgehead atoms. The topological polar surface area (TPSA) is 80.0 Å². The molecule has 0 amide bonds. The molecule has 0 aliphatic heterocycles. The number of hydrogen-bond donors (Lipinski definition) is 0. The van der Waals surface area contributed by atoms with Gasteiger partial charge in [0.2, 0.25) is 11.6 Å².